The molecule has 0 atom stereocenters. The molecular formula is C16H21N7O3. The monoisotopic (exact) mass is 359 g/mol. The number of ether oxygens (including phenoxy) is 2. The van der Waals surface area contributed by atoms with E-state index in [-0.39, 0.29) is 19.4 Å². The number of nitrogens with one attached hydrogen (secondary N) is 2. The lowest BCUT2D eigenvalue weighted by Crippen LogP contribution is -2.30. The summed E-state index contributed by atoms with van der Waals surface area (Å²) >= 11 is 0. The van der Waals surface area contributed by atoms with E-state index in [1.807, 2.05) is 28.2 Å². The highest BCUT2D eigenvalue weighted by atomic mass is 16.7. The molecule has 2 aromatic rings. The smallest absolute Gasteiger partial charge is 0.319 e. The average molecular weight is 359 g/mol. The van der Waals surface area contributed by atoms with Gasteiger partial charge in [-0.05, 0) is 12.1 Å². The molecule has 0 aliphatic carbocycles. The normalized spacial score (nSPS) is 11.8. The number of carbonyl (C=O) groups excluding carboxylic acids is 1. The maximum absolute atomic E-state index is 12.1. The molecule has 1 aliphatic heterocycles. The minimum atomic E-state index is -0.373. The van der Waals surface area contributed by atoms with Gasteiger partial charge in [-0.15, -0.1) is 0 Å². The molecule has 138 valence electrons. The lowest BCUT2D eigenvalue weighted by molar-refractivity contribution is 0.174. The third-order valence-corrected chi connectivity index (χ3v) is 3.50. The highest BCUT2D eigenvalue weighted by Gasteiger charge is 2.15. The molecule has 0 spiro atoms. The lowest BCUT2D eigenvalue weighted by Gasteiger charge is -2.16. The summed E-state index contributed by atoms with van der Waals surface area (Å²) in [7, 11) is 7.38. The number of benzene rings is 1. The number of fused-ring (bicyclic) bond motifs is 1. The largest absolute Gasteiger partial charge is 0.454 e. The molecule has 1 aromatic carbocycles. The van der Waals surface area contributed by atoms with Gasteiger partial charge in [-0.25, -0.2) is 4.79 Å². The van der Waals surface area contributed by atoms with Crippen molar-refractivity contribution in [2.75, 3.05) is 50.1 Å². The Kier molecular flexibility index (Phi) is 4.92. The fourth-order valence-electron chi connectivity index (χ4n) is 2.18. The Bertz CT molecular complexity index is 784. The first-order valence-corrected chi connectivity index (χ1v) is 7.96. The van der Waals surface area contributed by atoms with Crippen molar-refractivity contribution in [3.05, 3.63) is 24.0 Å². The second kappa shape index (κ2) is 7.30. The number of amides is 2. The van der Waals surface area contributed by atoms with Crippen molar-refractivity contribution < 1.29 is 14.3 Å². The predicted molar refractivity (Wildman–Crippen MR) is 96.9 cm³/mol. The minimum Gasteiger partial charge on any atom is -0.454 e. The number of nitrogens with zero attached hydrogens (tertiary/aromatic N) is 5. The van der Waals surface area contributed by atoms with Crippen molar-refractivity contribution in [3.63, 3.8) is 0 Å². The summed E-state index contributed by atoms with van der Waals surface area (Å²) in [5.74, 6) is 2.78. The van der Waals surface area contributed by atoms with Crippen LogP contribution in [0.2, 0.25) is 0 Å². The summed E-state index contributed by atoms with van der Waals surface area (Å²) in [4.78, 5) is 28.7. The van der Waals surface area contributed by atoms with Gasteiger partial charge in [0.1, 0.15) is 0 Å². The van der Waals surface area contributed by atoms with Crippen molar-refractivity contribution in [2.45, 2.75) is 6.54 Å². The third-order valence-electron chi connectivity index (χ3n) is 3.50. The topological polar surface area (TPSA) is 105 Å². The van der Waals surface area contributed by atoms with Gasteiger partial charge in [0.15, 0.2) is 17.3 Å². The first-order chi connectivity index (χ1) is 12.4. The quantitative estimate of drug-likeness (QED) is 0.816. The first-order valence-electron chi connectivity index (χ1n) is 7.96. The van der Waals surface area contributed by atoms with Gasteiger partial charge in [-0.2, -0.15) is 15.0 Å². The molecule has 0 fully saturated rings. The standard InChI is InChI=1S/C16H21N7O3/c1-22(2)14-19-13(20-15(21-14)23(3)4)8-17-16(24)18-10-5-6-11-12(7-10)26-9-25-11/h5-7H,8-9H2,1-4H3,(H2,17,18,24). The molecule has 10 nitrogen and oxygen atoms in total. The zero-order valence-corrected chi connectivity index (χ0v) is 15.1. The number of hydrogen-bond acceptors (Lipinski definition) is 8. The Labute approximate surface area is 151 Å². The van der Waals surface area contributed by atoms with Crippen molar-refractivity contribution in [1.82, 2.24) is 20.3 Å². The lowest BCUT2D eigenvalue weighted by atomic mass is 10.3. The molecule has 0 saturated carbocycles. The Morgan fingerprint density at radius 2 is 1.69 bits per heavy atom. The van der Waals surface area contributed by atoms with E-state index in [1.54, 1.807) is 28.0 Å². The van der Waals surface area contributed by atoms with Crippen LogP contribution in [-0.2, 0) is 6.54 Å². The molecule has 0 bridgehead atoms. The van der Waals surface area contributed by atoms with E-state index in [4.69, 9.17) is 9.47 Å². The zero-order valence-electron chi connectivity index (χ0n) is 15.1. The van der Waals surface area contributed by atoms with Gasteiger partial charge in [-0.3, -0.25) is 0 Å². The fraction of sp³-hybridized carbons (Fsp3) is 0.375. The van der Waals surface area contributed by atoms with Gasteiger partial charge in [-0.1, -0.05) is 0 Å². The molecule has 0 unspecified atom stereocenters. The number of anilines is 3. The van der Waals surface area contributed by atoms with Crippen molar-refractivity contribution >= 4 is 23.6 Å². The Hall–Kier alpha value is -3.30. The van der Waals surface area contributed by atoms with E-state index in [0.29, 0.717) is 34.9 Å². The summed E-state index contributed by atoms with van der Waals surface area (Å²) < 4.78 is 10.5. The van der Waals surface area contributed by atoms with Gasteiger partial charge < -0.3 is 29.9 Å². The van der Waals surface area contributed by atoms with E-state index < -0.39 is 0 Å². The molecule has 10 heteroatoms. The third kappa shape index (κ3) is 4.02. The van der Waals surface area contributed by atoms with Gasteiger partial charge in [0.25, 0.3) is 0 Å². The summed E-state index contributed by atoms with van der Waals surface area (Å²) in [5.41, 5.74) is 0.602. The van der Waals surface area contributed by atoms with Gasteiger partial charge in [0.2, 0.25) is 18.7 Å². The van der Waals surface area contributed by atoms with E-state index >= 15 is 0 Å². The maximum Gasteiger partial charge on any atom is 0.319 e. The first kappa shape index (κ1) is 17.5. The second-order valence-electron chi connectivity index (χ2n) is 6.02. The second-order valence-corrected chi connectivity index (χ2v) is 6.02. The van der Waals surface area contributed by atoms with Crippen LogP contribution in [0.3, 0.4) is 0 Å². The van der Waals surface area contributed by atoms with E-state index in [0.717, 1.165) is 0 Å². The Morgan fingerprint density at radius 3 is 2.35 bits per heavy atom. The zero-order chi connectivity index (χ0) is 18.7. The number of carbonyl (C=O) groups is 1. The number of hydrogen-bond donors (Lipinski definition) is 2. The molecule has 2 amide bonds. The van der Waals surface area contributed by atoms with Gasteiger partial charge >= 0.3 is 6.03 Å². The molecule has 2 N–H and O–H groups in total. The molecule has 1 aliphatic rings. The van der Waals surface area contributed by atoms with Crippen molar-refractivity contribution in [3.8, 4) is 11.5 Å². The number of urea groups is 1. The van der Waals surface area contributed by atoms with Crippen molar-refractivity contribution in [1.29, 1.82) is 0 Å². The van der Waals surface area contributed by atoms with Gasteiger partial charge in [0, 0.05) is 39.9 Å². The van der Waals surface area contributed by atoms with Crippen LogP contribution in [0.5, 0.6) is 11.5 Å². The molecule has 0 radical (unpaired) electrons. The van der Waals surface area contributed by atoms with Crippen LogP contribution in [0.15, 0.2) is 18.2 Å². The van der Waals surface area contributed by atoms with Crippen LogP contribution < -0.4 is 29.9 Å². The molecular weight excluding hydrogens is 338 g/mol. The fourth-order valence-corrected chi connectivity index (χ4v) is 2.18. The number of rotatable bonds is 5. The van der Waals surface area contributed by atoms with Crippen LogP contribution in [0.1, 0.15) is 5.82 Å². The van der Waals surface area contributed by atoms with Crippen LogP contribution >= 0.6 is 0 Å². The van der Waals surface area contributed by atoms with Crippen LogP contribution in [0, 0.1) is 0 Å². The summed E-state index contributed by atoms with van der Waals surface area (Å²) in [5, 5.41) is 5.47. The summed E-state index contributed by atoms with van der Waals surface area (Å²) in [6.07, 6.45) is 0. The highest BCUT2D eigenvalue weighted by Crippen LogP contribution is 2.34. The van der Waals surface area contributed by atoms with Crippen LogP contribution in [0.25, 0.3) is 0 Å². The Morgan fingerprint density at radius 1 is 1.04 bits per heavy atom. The minimum absolute atomic E-state index is 0.167. The SMILES string of the molecule is CN(C)c1nc(CNC(=O)Nc2ccc3c(c2)OCO3)nc(N(C)C)n1. The van der Waals surface area contributed by atoms with Crippen molar-refractivity contribution in [2.24, 2.45) is 0 Å². The van der Waals surface area contributed by atoms with E-state index in [1.165, 1.54) is 0 Å². The van der Waals surface area contributed by atoms with Crippen LogP contribution in [-0.4, -0.2) is 56.0 Å². The molecule has 26 heavy (non-hydrogen) atoms. The maximum atomic E-state index is 12.1. The van der Waals surface area contributed by atoms with E-state index in [2.05, 4.69) is 25.6 Å². The predicted octanol–water partition coefficient (Wildman–Crippen LogP) is 1.05. The molecule has 3 rings (SSSR count). The average Bonchev–Trinajstić information content (AvgIpc) is 3.07. The Balaban J connectivity index is 1.64. The molecule has 1 aromatic heterocycles. The molecule has 2 heterocycles. The highest BCUT2D eigenvalue weighted by molar-refractivity contribution is 5.89. The summed E-state index contributed by atoms with van der Waals surface area (Å²) in [6.45, 7) is 0.355. The van der Waals surface area contributed by atoms with Gasteiger partial charge in [0.05, 0.1) is 6.54 Å². The van der Waals surface area contributed by atoms with Crippen LogP contribution in [0.4, 0.5) is 22.4 Å². The molecule has 0 saturated heterocycles. The van der Waals surface area contributed by atoms with E-state index in [9.17, 15) is 4.79 Å². The number of aromatic nitrogens is 3. The summed E-state index contributed by atoms with van der Waals surface area (Å²) in [6, 6.07) is 4.82.